The molecular formula is C19H24ClN3O2. The molecule has 2 aromatic rings. The van der Waals surface area contributed by atoms with Crippen molar-refractivity contribution in [2.24, 2.45) is 0 Å². The molecule has 0 bridgehead atoms. The minimum atomic E-state index is -0.403. The summed E-state index contributed by atoms with van der Waals surface area (Å²) in [6, 6.07) is 8.25. The molecule has 1 fully saturated rings. The summed E-state index contributed by atoms with van der Waals surface area (Å²) in [5.41, 5.74) is 1.26. The molecule has 1 aromatic carbocycles. The molecule has 1 unspecified atom stereocenters. The van der Waals surface area contributed by atoms with Gasteiger partial charge in [0.1, 0.15) is 10.8 Å². The van der Waals surface area contributed by atoms with Gasteiger partial charge in [0.25, 0.3) is 5.56 Å². The van der Waals surface area contributed by atoms with Gasteiger partial charge in [-0.15, -0.1) is 0 Å². The number of benzene rings is 1. The van der Waals surface area contributed by atoms with Crippen molar-refractivity contribution in [3.05, 3.63) is 51.4 Å². The van der Waals surface area contributed by atoms with Crippen molar-refractivity contribution < 1.29 is 4.74 Å². The monoisotopic (exact) mass is 361 g/mol. The first kappa shape index (κ1) is 17.8. The molecular weight excluding hydrogens is 338 g/mol. The van der Waals surface area contributed by atoms with Gasteiger partial charge in [0, 0.05) is 6.54 Å². The van der Waals surface area contributed by atoms with Crippen LogP contribution in [0.15, 0.2) is 35.3 Å². The van der Waals surface area contributed by atoms with Crippen molar-refractivity contribution in [2.45, 2.75) is 45.2 Å². The van der Waals surface area contributed by atoms with Crippen LogP contribution < -0.4 is 15.2 Å². The molecule has 1 saturated heterocycles. The number of rotatable bonds is 3. The first-order valence-corrected chi connectivity index (χ1v) is 8.89. The zero-order chi connectivity index (χ0) is 18.2. The van der Waals surface area contributed by atoms with Crippen LogP contribution in [0.4, 0.5) is 5.69 Å². The molecule has 0 saturated carbocycles. The summed E-state index contributed by atoms with van der Waals surface area (Å²) in [5, 5.41) is 4.61. The van der Waals surface area contributed by atoms with Crippen LogP contribution in [0.3, 0.4) is 0 Å². The lowest BCUT2D eigenvalue weighted by Gasteiger charge is -2.29. The summed E-state index contributed by atoms with van der Waals surface area (Å²) in [6.07, 6.45) is 3.79. The third-order valence-electron chi connectivity index (χ3n) is 4.60. The highest BCUT2D eigenvalue weighted by atomic mass is 35.5. The second-order valence-corrected chi connectivity index (χ2v) is 7.73. The number of hydrogen-bond acceptors (Lipinski definition) is 4. The minimum absolute atomic E-state index is 0.190. The van der Waals surface area contributed by atoms with Gasteiger partial charge >= 0.3 is 0 Å². The predicted octanol–water partition coefficient (Wildman–Crippen LogP) is 4.00. The Kier molecular flexibility index (Phi) is 4.78. The smallest absolute Gasteiger partial charge is 0.288 e. The zero-order valence-electron chi connectivity index (χ0n) is 15.1. The molecule has 1 aromatic heterocycles. The largest absolute Gasteiger partial charge is 0.497 e. The third-order valence-corrected chi connectivity index (χ3v) is 4.95. The van der Waals surface area contributed by atoms with Crippen molar-refractivity contribution in [1.29, 1.82) is 0 Å². The topological polar surface area (TPSA) is 47.4 Å². The number of hydrogen-bond donors (Lipinski definition) is 0. The Bertz CT molecular complexity index is 809. The quantitative estimate of drug-likeness (QED) is 0.829. The molecule has 2 heterocycles. The number of ether oxygens (including phenoxy) is 1. The van der Waals surface area contributed by atoms with Gasteiger partial charge in [0.15, 0.2) is 0 Å². The minimum Gasteiger partial charge on any atom is -0.497 e. The van der Waals surface area contributed by atoms with E-state index in [0.717, 1.165) is 25.1 Å². The van der Waals surface area contributed by atoms with Crippen molar-refractivity contribution >= 4 is 17.3 Å². The lowest BCUT2D eigenvalue weighted by atomic mass is 10.0. The SMILES string of the molecule is COc1ccc(C2CCCN2c2cnn(C(C)(C)C)c(=O)c2Cl)cc1. The summed E-state index contributed by atoms with van der Waals surface area (Å²) < 4.78 is 6.68. The molecule has 25 heavy (non-hydrogen) atoms. The van der Waals surface area contributed by atoms with Crippen LogP contribution in [0.2, 0.25) is 5.02 Å². The van der Waals surface area contributed by atoms with Crippen LogP contribution in [0.5, 0.6) is 5.75 Å². The van der Waals surface area contributed by atoms with E-state index >= 15 is 0 Å². The Morgan fingerprint density at radius 1 is 1.24 bits per heavy atom. The molecule has 1 aliphatic heterocycles. The molecule has 0 spiro atoms. The van der Waals surface area contributed by atoms with Gasteiger partial charge in [0.05, 0.1) is 30.6 Å². The first-order chi connectivity index (χ1) is 11.8. The Hall–Kier alpha value is -2.01. The molecule has 3 rings (SSSR count). The predicted molar refractivity (Wildman–Crippen MR) is 101 cm³/mol. The Balaban J connectivity index is 1.97. The Morgan fingerprint density at radius 2 is 1.92 bits per heavy atom. The van der Waals surface area contributed by atoms with Crippen LogP contribution in [0.1, 0.15) is 45.2 Å². The maximum absolute atomic E-state index is 12.6. The Morgan fingerprint density at radius 3 is 2.52 bits per heavy atom. The van der Waals surface area contributed by atoms with Crippen LogP contribution in [-0.2, 0) is 5.54 Å². The highest BCUT2D eigenvalue weighted by Gasteiger charge is 2.30. The van der Waals surface area contributed by atoms with Crippen molar-refractivity contribution in [3.63, 3.8) is 0 Å². The molecule has 0 amide bonds. The zero-order valence-corrected chi connectivity index (χ0v) is 15.9. The molecule has 0 N–H and O–H groups in total. The summed E-state index contributed by atoms with van der Waals surface area (Å²) in [6.45, 7) is 6.67. The maximum atomic E-state index is 12.6. The lowest BCUT2D eigenvalue weighted by Crippen LogP contribution is -2.37. The average molecular weight is 362 g/mol. The molecule has 5 nitrogen and oxygen atoms in total. The van der Waals surface area contributed by atoms with E-state index in [9.17, 15) is 4.79 Å². The van der Waals surface area contributed by atoms with Gasteiger partial charge in [0.2, 0.25) is 0 Å². The van der Waals surface area contributed by atoms with E-state index in [1.54, 1.807) is 13.3 Å². The van der Waals surface area contributed by atoms with Crippen LogP contribution in [-0.4, -0.2) is 23.4 Å². The molecule has 0 aliphatic carbocycles. The van der Waals surface area contributed by atoms with Gasteiger partial charge in [-0.2, -0.15) is 5.10 Å². The van der Waals surface area contributed by atoms with Gasteiger partial charge in [-0.1, -0.05) is 23.7 Å². The third kappa shape index (κ3) is 3.38. The molecule has 1 atom stereocenters. The fraction of sp³-hybridized carbons (Fsp3) is 0.474. The van der Waals surface area contributed by atoms with Crippen LogP contribution >= 0.6 is 11.6 Å². The molecule has 1 aliphatic rings. The normalized spacial score (nSPS) is 17.8. The van der Waals surface area contributed by atoms with Gasteiger partial charge < -0.3 is 9.64 Å². The number of nitrogens with zero attached hydrogens (tertiary/aromatic N) is 3. The number of halogens is 1. The van der Waals surface area contributed by atoms with Crippen molar-refractivity contribution in [1.82, 2.24) is 9.78 Å². The van der Waals surface area contributed by atoms with Crippen LogP contribution in [0, 0.1) is 0 Å². The van der Waals surface area contributed by atoms with E-state index in [-0.39, 0.29) is 16.6 Å². The highest BCUT2D eigenvalue weighted by molar-refractivity contribution is 6.33. The van der Waals surface area contributed by atoms with E-state index in [1.165, 1.54) is 10.2 Å². The number of anilines is 1. The molecule has 0 radical (unpaired) electrons. The molecule has 6 heteroatoms. The fourth-order valence-electron chi connectivity index (χ4n) is 3.33. The lowest BCUT2D eigenvalue weighted by molar-refractivity contribution is 0.338. The van der Waals surface area contributed by atoms with E-state index in [4.69, 9.17) is 16.3 Å². The standard InChI is InChI=1S/C19H24ClN3O2/c1-19(2,3)23-18(24)17(20)16(12-21-23)22-11-5-6-15(22)13-7-9-14(25-4)10-8-13/h7-10,12,15H,5-6,11H2,1-4H3. The number of methoxy groups -OCH3 is 1. The average Bonchev–Trinajstić information content (AvgIpc) is 3.05. The summed E-state index contributed by atoms with van der Waals surface area (Å²) in [4.78, 5) is 14.8. The van der Waals surface area contributed by atoms with Gasteiger partial charge in [-0.3, -0.25) is 4.79 Å². The highest BCUT2D eigenvalue weighted by Crippen LogP contribution is 2.38. The van der Waals surface area contributed by atoms with E-state index in [1.807, 2.05) is 32.9 Å². The van der Waals surface area contributed by atoms with E-state index < -0.39 is 5.54 Å². The van der Waals surface area contributed by atoms with Crippen molar-refractivity contribution in [2.75, 3.05) is 18.6 Å². The molecule has 134 valence electrons. The Labute approximate surface area is 153 Å². The summed E-state index contributed by atoms with van der Waals surface area (Å²) in [7, 11) is 1.66. The second-order valence-electron chi connectivity index (χ2n) is 7.36. The second kappa shape index (κ2) is 6.71. The number of aromatic nitrogens is 2. The van der Waals surface area contributed by atoms with E-state index in [2.05, 4.69) is 22.1 Å². The van der Waals surface area contributed by atoms with Crippen LogP contribution in [0.25, 0.3) is 0 Å². The van der Waals surface area contributed by atoms with Gasteiger partial charge in [-0.25, -0.2) is 4.68 Å². The summed E-state index contributed by atoms with van der Waals surface area (Å²) >= 11 is 6.45. The first-order valence-electron chi connectivity index (χ1n) is 8.52. The summed E-state index contributed by atoms with van der Waals surface area (Å²) in [5.74, 6) is 0.834. The van der Waals surface area contributed by atoms with E-state index in [0.29, 0.717) is 5.69 Å². The van der Waals surface area contributed by atoms with Gasteiger partial charge in [-0.05, 0) is 51.3 Å². The maximum Gasteiger partial charge on any atom is 0.288 e. The fourth-order valence-corrected chi connectivity index (χ4v) is 3.57. The van der Waals surface area contributed by atoms with Crippen molar-refractivity contribution in [3.8, 4) is 5.75 Å².